The molecule has 0 saturated heterocycles. The van der Waals surface area contributed by atoms with Crippen LogP contribution in [0.5, 0.6) is 17.2 Å². The second-order valence-corrected chi connectivity index (χ2v) is 2.94. The molecule has 0 aromatic heterocycles. The average Bonchev–Trinajstić information content (AvgIpc) is 2.35. The zero-order valence-electron chi connectivity index (χ0n) is 9.52. The van der Waals surface area contributed by atoms with Crippen molar-refractivity contribution in [2.45, 2.75) is 0 Å². The third-order valence-electron chi connectivity index (χ3n) is 2.09. The van der Waals surface area contributed by atoms with Crippen molar-refractivity contribution in [2.75, 3.05) is 21.3 Å². The Bertz CT molecular complexity index is 371. The van der Waals surface area contributed by atoms with Crippen LogP contribution in [0.15, 0.2) is 18.2 Å². The Morgan fingerprint density at radius 2 is 1.56 bits per heavy atom. The first-order chi connectivity index (χ1) is 7.76. The molecule has 0 radical (unpaired) electrons. The molecular formula is C12H14O4. The van der Waals surface area contributed by atoms with E-state index in [2.05, 4.69) is 0 Å². The monoisotopic (exact) mass is 222 g/mol. The van der Waals surface area contributed by atoms with E-state index >= 15 is 0 Å². The molecule has 0 unspecified atom stereocenters. The van der Waals surface area contributed by atoms with E-state index in [-0.39, 0.29) is 0 Å². The number of hydrogen-bond acceptors (Lipinski definition) is 4. The van der Waals surface area contributed by atoms with Gasteiger partial charge in [-0.2, -0.15) is 0 Å². The molecule has 0 aliphatic rings. The minimum Gasteiger partial charge on any atom is -0.496 e. The van der Waals surface area contributed by atoms with E-state index in [9.17, 15) is 4.79 Å². The fraction of sp³-hybridized carbons (Fsp3) is 0.250. The lowest BCUT2D eigenvalue weighted by Gasteiger charge is -2.12. The molecule has 1 aromatic carbocycles. The highest BCUT2D eigenvalue weighted by Crippen LogP contribution is 2.34. The zero-order chi connectivity index (χ0) is 12.0. The number of hydrogen-bond donors (Lipinski definition) is 0. The molecule has 16 heavy (non-hydrogen) atoms. The highest BCUT2D eigenvalue weighted by molar-refractivity contribution is 5.78. The average molecular weight is 222 g/mol. The fourth-order valence-corrected chi connectivity index (χ4v) is 1.33. The van der Waals surface area contributed by atoms with Gasteiger partial charge in [-0.3, -0.25) is 4.79 Å². The number of benzene rings is 1. The SMILES string of the molecule is COc1cc(OC)c(/C=C/C=O)c(OC)c1. The van der Waals surface area contributed by atoms with Gasteiger partial charge in [0.05, 0.1) is 26.9 Å². The smallest absolute Gasteiger partial charge is 0.142 e. The molecule has 0 aliphatic carbocycles. The van der Waals surface area contributed by atoms with Crippen molar-refractivity contribution < 1.29 is 19.0 Å². The summed E-state index contributed by atoms with van der Waals surface area (Å²) in [5, 5.41) is 0. The van der Waals surface area contributed by atoms with Crippen LogP contribution in [0.4, 0.5) is 0 Å². The molecule has 0 saturated carbocycles. The van der Waals surface area contributed by atoms with Gasteiger partial charge in [0.2, 0.25) is 0 Å². The van der Waals surface area contributed by atoms with Crippen molar-refractivity contribution in [3.05, 3.63) is 23.8 Å². The van der Waals surface area contributed by atoms with Gasteiger partial charge in [-0.05, 0) is 12.2 Å². The summed E-state index contributed by atoms with van der Waals surface area (Å²) in [6.07, 6.45) is 3.71. The van der Waals surface area contributed by atoms with Gasteiger partial charge in [-0.15, -0.1) is 0 Å². The minimum atomic E-state index is 0.592. The maximum atomic E-state index is 10.3. The van der Waals surface area contributed by atoms with Gasteiger partial charge in [-0.25, -0.2) is 0 Å². The normalized spacial score (nSPS) is 10.2. The summed E-state index contributed by atoms with van der Waals surface area (Å²) >= 11 is 0. The van der Waals surface area contributed by atoms with Gasteiger partial charge in [0.1, 0.15) is 23.5 Å². The maximum absolute atomic E-state index is 10.3. The van der Waals surface area contributed by atoms with Crippen molar-refractivity contribution in [3.63, 3.8) is 0 Å². The van der Waals surface area contributed by atoms with E-state index in [1.54, 1.807) is 39.5 Å². The molecule has 0 amide bonds. The first-order valence-electron chi connectivity index (χ1n) is 4.68. The summed E-state index contributed by atoms with van der Waals surface area (Å²) in [5.74, 6) is 1.82. The summed E-state index contributed by atoms with van der Waals surface area (Å²) in [7, 11) is 4.66. The van der Waals surface area contributed by atoms with Crippen LogP contribution < -0.4 is 14.2 Å². The molecule has 0 bridgehead atoms. The molecule has 0 atom stereocenters. The van der Waals surface area contributed by atoms with Gasteiger partial charge < -0.3 is 14.2 Å². The molecular weight excluding hydrogens is 208 g/mol. The van der Waals surface area contributed by atoms with E-state index in [1.807, 2.05) is 0 Å². The van der Waals surface area contributed by atoms with Gasteiger partial charge in [0.25, 0.3) is 0 Å². The van der Waals surface area contributed by atoms with Gasteiger partial charge in [-0.1, -0.05) is 0 Å². The van der Waals surface area contributed by atoms with Crippen LogP contribution >= 0.6 is 0 Å². The minimum absolute atomic E-state index is 0.592. The Morgan fingerprint density at radius 3 is 1.94 bits per heavy atom. The lowest BCUT2D eigenvalue weighted by Crippen LogP contribution is -1.94. The molecule has 1 rings (SSSR count). The predicted molar refractivity (Wildman–Crippen MR) is 61.2 cm³/mol. The third-order valence-corrected chi connectivity index (χ3v) is 2.09. The van der Waals surface area contributed by atoms with Crippen molar-refractivity contribution in [2.24, 2.45) is 0 Å². The van der Waals surface area contributed by atoms with E-state index in [4.69, 9.17) is 14.2 Å². The highest BCUT2D eigenvalue weighted by Gasteiger charge is 2.10. The number of methoxy groups -OCH3 is 3. The summed E-state index contributed by atoms with van der Waals surface area (Å²) in [6, 6.07) is 3.46. The summed E-state index contributed by atoms with van der Waals surface area (Å²) in [5.41, 5.74) is 0.706. The summed E-state index contributed by atoms with van der Waals surface area (Å²) < 4.78 is 15.5. The topological polar surface area (TPSA) is 44.8 Å². The van der Waals surface area contributed by atoms with Crippen LogP contribution in [0, 0.1) is 0 Å². The molecule has 0 heterocycles. The van der Waals surface area contributed by atoms with Crippen molar-refractivity contribution in [1.82, 2.24) is 0 Å². The van der Waals surface area contributed by atoms with Crippen LogP contribution in [0.3, 0.4) is 0 Å². The van der Waals surface area contributed by atoms with E-state index in [1.165, 1.54) is 6.08 Å². The first-order valence-corrected chi connectivity index (χ1v) is 4.68. The Balaban J connectivity index is 3.30. The molecule has 86 valence electrons. The van der Waals surface area contributed by atoms with Crippen LogP contribution in [-0.4, -0.2) is 27.6 Å². The Morgan fingerprint density at radius 1 is 1.00 bits per heavy atom. The molecule has 0 spiro atoms. The summed E-state index contributed by atoms with van der Waals surface area (Å²) in [4.78, 5) is 10.3. The molecule has 4 heteroatoms. The lowest BCUT2D eigenvalue weighted by molar-refractivity contribution is -0.104. The van der Waals surface area contributed by atoms with Gasteiger partial charge in [0, 0.05) is 12.1 Å². The second-order valence-electron chi connectivity index (χ2n) is 2.94. The van der Waals surface area contributed by atoms with Crippen LogP contribution in [0.25, 0.3) is 6.08 Å². The Labute approximate surface area is 94.4 Å². The maximum Gasteiger partial charge on any atom is 0.142 e. The lowest BCUT2D eigenvalue weighted by atomic mass is 10.1. The number of carbonyl (C=O) groups is 1. The Kier molecular flexibility index (Phi) is 4.39. The first kappa shape index (κ1) is 12.1. The largest absolute Gasteiger partial charge is 0.496 e. The molecule has 0 N–H and O–H groups in total. The number of rotatable bonds is 5. The van der Waals surface area contributed by atoms with Crippen molar-refractivity contribution >= 4 is 12.4 Å². The second kappa shape index (κ2) is 5.80. The molecule has 4 nitrogen and oxygen atoms in total. The molecule has 0 aliphatic heterocycles. The summed E-state index contributed by atoms with van der Waals surface area (Å²) in [6.45, 7) is 0. The Hall–Kier alpha value is -1.97. The highest BCUT2D eigenvalue weighted by atomic mass is 16.5. The van der Waals surface area contributed by atoms with Crippen molar-refractivity contribution in [1.29, 1.82) is 0 Å². The molecule has 1 aromatic rings. The zero-order valence-corrected chi connectivity index (χ0v) is 9.52. The standard InChI is InChI=1S/C12H14O4/c1-14-9-7-11(15-2)10(5-4-6-13)12(8-9)16-3/h4-8H,1-3H3/b5-4+. The van der Waals surface area contributed by atoms with Crippen LogP contribution in [0.2, 0.25) is 0 Å². The number of aldehydes is 1. The van der Waals surface area contributed by atoms with Crippen molar-refractivity contribution in [3.8, 4) is 17.2 Å². The van der Waals surface area contributed by atoms with Crippen LogP contribution in [-0.2, 0) is 4.79 Å². The van der Waals surface area contributed by atoms with Gasteiger partial charge >= 0.3 is 0 Å². The number of ether oxygens (including phenoxy) is 3. The predicted octanol–water partition coefficient (Wildman–Crippen LogP) is 1.92. The quantitative estimate of drug-likeness (QED) is 0.564. The fourth-order valence-electron chi connectivity index (χ4n) is 1.33. The van der Waals surface area contributed by atoms with Crippen LogP contribution in [0.1, 0.15) is 5.56 Å². The number of allylic oxidation sites excluding steroid dienone is 1. The van der Waals surface area contributed by atoms with E-state index < -0.39 is 0 Å². The molecule has 0 fully saturated rings. The third kappa shape index (κ3) is 2.53. The van der Waals surface area contributed by atoms with Gasteiger partial charge in [0.15, 0.2) is 0 Å². The number of carbonyl (C=O) groups excluding carboxylic acids is 1. The van der Waals surface area contributed by atoms with E-state index in [0.717, 1.165) is 0 Å². The van der Waals surface area contributed by atoms with E-state index in [0.29, 0.717) is 29.1 Å².